The van der Waals surface area contributed by atoms with Crippen molar-refractivity contribution in [2.24, 2.45) is 0 Å². The van der Waals surface area contributed by atoms with E-state index in [0.29, 0.717) is 32.2 Å². The largest absolute Gasteiger partial charge is 0.465 e. The molecule has 1 aromatic heterocycles. The van der Waals surface area contributed by atoms with E-state index < -0.39 is 5.97 Å². The summed E-state index contributed by atoms with van der Waals surface area (Å²) < 4.78 is 4.93. The maximum Gasteiger partial charge on any atom is 0.325 e. The quantitative estimate of drug-likeness (QED) is 0.558. The average molecular weight is 417 g/mol. The molecule has 0 unspecified atom stereocenters. The number of halogens is 2. The molecule has 0 saturated carbocycles. The zero-order chi connectivity index (χ0) is 20.3. The molecule has 0 aliphatic rings. The monoisotopic (exact) mass is 416 g/mol. The number of amides is 1. The molecule has 0 spiro atoms. The normalized spacial score (nSPS) is 10.7. The van der Waals surface area contributed by atoms with E-state index in [-0.39, 0.29) is 19.1 Å². The van der Waals surface area contributed by atoms with E-state index >= 15 is 0 Å². The Labute approximate surface area is 172 Å². The van der Waals surface area contributed by atoms with Crippen molar-refractivity contribution in [1.29, 1.82) is 0 Å². The minimum atomic E-state index is -0.457. The number of hydrogen-bond donors (Lipinski definition) is 0. The van der Waals surface area contributed by atoms with Crippen molar-refractivity contribution in [3.63, 3.8) is 0 Å². The van der Waals surface area contributed by atoms with Gasteiger partial charge in [-0.15, -0.1) is 0 Å². The molecule has 5 nitrogen and oxygen atoms in total. The molecule has 0 bridgehead atoms. The summed E-state index contributed by atoms with van der Waals surface area (Å²) in [7, 11) is 1.56. The number of likely N-dealkylation sites (N-methyl/N-ethyl adjacent to an activating group) is 1. The number of benzene rings is 2. The summed E-state index contributed by atoms with van der Waals surface area (Å²) in [5.41, 5.74) is 2.44. The number of hydrogen-bond acceptors (Lipinski definition) is 4. The number of carbonyl (C=O) groups excluding carboxylic acids is 2. The average Bonchev–Trinajstić information content (AvgIpc) is 2.68. The molecule has 0 N–H and O–H groups in total. The van der Waals surface area contributed by atoms with Crippen LogP contribution in [0.1, 0.15) is 17.3 Å². The molecule has 0 aliphatic carbocycles. The minimum absolute atomic E-state index is 0.134. The van der Waals surface area contributed by atoms with Crippen molar-refractivity contribution in [1.82, 2.24) is 9.88 Å². The number of pyridine rings is 1. The van der Waals surface area contributed by atoms with E-state index in [9.17, 15) is 9.59 Å². The lowest BCUT2D eigenvalue weighted by atomic mass is 10.0. The van der Waals surface area contributed by atoms with Crippen molar-refractivity contribution in [3.8, 4) is 11.3 Å². The fourth-order valence-corrected chi connectivity index (χ4v) is 3.13. The van der Waals surface area contributed by atoms with Gasteiger partial charge in [0.2, 0.25) is 0 Å². The molecule has 7 heteroatoms. The van der Waals surface area contributed by atoms with E-state index in [1.165, 1.54) is 4.90 Å². The number of nitrogens with zero attached hydrogens (tertiary/aromatic N) is 2. The van der Waals surface area contributed by atoms with Crippen LogP contribution in [0.2, 0.25) is 10.0 Å². The standard InChI is InChI=1S/C21H18Cl2N2O3/c1-3-28-20(26)12-25(2)21(27)15-11-19(13-8-9-16(22)17(23)10-13)24-18-7-5-4-6-14(15)18/h4-11H,3,12H2,1-2H3. The summed E-state index contributed by atoms with van der Waals surface area (Å²) in [6.45, 7) is 1.85. The van der Waals surface area contributed by atoms with Crippen molar-refractivity contribution < 1.29 is 14.3 Å². The SMILES string of the molecule is CCOC(=O)CN(C)C(=O)c1cc(-c2ccc(Cl)c(Cl)c2)nc2ccccc12. The molecule has 144 valence electrons. The number of para-hydroxylation sites is 1. The molecule has 3 rings (SSSR count). The molecule has 3 aromatic rings. The molecule has 0 saturated heterocycles. The Balaban J connectivity index is 2.06. The van der Waals surface area contributed by atoms with Crippen molar-refractivity contribution >= 4 is 46.0 Å². The summed E-state index contributed by atoms with van der Waals surface area (Å²) >= 11 is 12.1. The van der Waals surface area contributed by atoms with Crippen LogP contribution in [0.3, 0.4) is 0 Å². The smallest absolute Gasteiger partial charge is 0.325 e. The maximum atomic E-state index is 13.0. The molecular formula is C21H18Cl2N2O3. The van der Waals surface area contributed by atoms with Crippen LogP contribution >= 0.6 is 23.2 Å². The number of aromatic nitrogens is 1. The molecule has 2 aromatic carbocycles. The summed E-state index contributed by atoms with van der Waals surface area (Å²) in [6.07, 6.45) is 0. The highest BCUT2D eigenvalue weighted by molar-refractivity contribution is 6.42. The third kappa shape index (κ3) is 4.26. The highest BCUT2D eigenvalue weighted by Crippen LogP contribution is 2.30. The van der Waals surface area contributed by atoms with Crippen LogP contribution < -0.4 is 0 Å². The van der Waals surface area contributed by atoms with E-state index in [4.69, 9.17) is 27.9 Å². The van der Waals surface area contributed by atoms with Crippen LogP contribution in [-0.4, -0.2) is 42.0 Å². The lowest BCUT2D eigenvalue weighted by molar-refractivity contribution is -0.143. The van der Waals surface area contributed by atoms with Gasteiger partial charge in [0.25, 0.3) is 5.91 Å². The van der Waals surface area contributed by atoms with Gasteiger partial charge in [-0.3, -0.25) is 9.59 Å². The Morgan fingerprint density at radius 2 is 1.82 bits per heavy atom. The van der Waals surface area contributed by atoms with E-state index in [0.717, 1.165) is 5.56 Å². The van der Waals surface area contributed by atoms with Gasteiger partial charge in [0.15, 0.2) is 0 Å². The molecular weight excluding hydrogens is 399 g/mol. The molecule has 0 atom stereocenters. The van der Waals surface area contributed by atoms with Gasteiger partial charge in [0, 0.05) is 18.0 Å². The van der Waals surface area contributed by atoms with Crippen molar-refractivity contribution in [3.05, 3.63) is 64.1 Å². The third-order valence-electron chi connectivity index (χ3n) is 4.18. The lowest BCUT2D eigenvalue weighted by Gasteiger charge is -2.18. The minimum Gasteiger partial charge on any atom is -0.465 e. The molecule has 28 heavy (non-hydrogen) atoms. The van der Waals surface area contributed by atoms with Crippen LogP contribution in [0.25, 0.3) is 22.2 Å². The lowest BCUT2D eigenvalue weighted by Crippen LogP contribution is -2.33. The number of ether oxygens (including phenoxy) is 1. The second-order valence-corrected chi connectivity index (χ2v) is 6.98. The van der Waals surface area contributed by atoms with Crippen LogP contribution in [-0.2, 0) is 9.53 Å². The second-order valence-electron chi connectivity index (χ2n) is 6.17. The highest BCUT2D eigenvalue weighted by atomic mass is 35.5. The summed E-state index contributed by atoms with van der Waals surface area (Å²) in [5, 5.41) is 1.55. The zero-order valence-corrected chi connectivity index (χ0v) is 16.9. The van der Waals surface area contributed by atoms with Crippen molar-refractivity contribution in [2.45, 2.75) is 6.92 Å². The first-order valence-electron chi connectivity index (χ1n) is 8.67. The van der Waals surface area contributed by atoms with Gasteiger partial charge in [-0.1, -0.05) is 47.5 Å². The third-order valence-corrected chi connectivity index (χ3v) is 4.92. The molecule has 1 heterocycles. The Kier molecular flexibility index (Phi) is 6.17. The second kappa shape index (κ2) is 8.59. The predicted octanol–water partition coefficient (Wildman–Crippen LogP) is 4.84. The topological polar surface area (TPSA) is 59.5 Å². The van der Waals surface area contributed by atoms with E-state index in [2.05, 4.69) is 4.98 Å². The van der Waals surface area contributed by atoms with Crippen LogP contribution in [0.4, 0.5) is 0 Å². The van der Waals surface area contributed by atoms with Crippen LogP contribution in [0.15, 0.2) is 48.5 Å². The number of fused-ring (bicyclic) bond motifs is 1. The molecule has 0 radical (unpaired) electrons. The van der Waals surface area contributed by atoms with Crippen LogP contribution in [0, 0.1) is 0 Å². The fraction of sp³-hybridized carbons (Fsp3) is 0.190. The Morgan fingerprint density at radius 3 is 2.54 bits per heavy atom. The molecule has 0 aliphatic heterocycles. The maximum absolute atomic E-state index is 13.0. The van der Waals surface area contributed by atoms with E-state index in [1.54, 1.807) is 38.2 Å². The highest BCUT2D eigenvalue weighted by Gasteiger charge is 2.20. The first-order valence-corrected chi connectivity index (χ1v) is 9.42. The zero-order valence-electron chi connectivity index (χ0n) is 15.4. The van der Waals surface area contributed by atoms with Gasteiger partial charge in [0.05, 0.1) is 33.4 Å². The number of esters is 1. The van der Waals surface area contributed by atoms with Gasteiger partial charge in [0.1, 0.15) is 6.54 Å². The number of rotatable bonds is 5. The fourth-order valence-electron chi connectivity index (χ4n) is 2.83. The van der Waals surface area contributed by atoms with Gasteiger partial charge >= 0.3 is 5.97 Å². The molecule has 1 amide bonds. The Bertz CT molecular complexity index is 1050. The molecule has 0 fully saturated rings. The Morgan fingerprint density at radius 1 is 1.07 bits per heavy atom. The first kappa shape index (κ1) is 20.1. The first-order chi connectivity index (χ1) is 13.4. The summed E-state index contributed by atoms with van der Waals surface area (Å²) in [5.74, 6) is -0.755. The van der Waals surface area contributed by atoms with Crippen LogP contribution in [0.5, 0.6) is 0 Å². The van der Waals surface area contributed by atoms with E-state index in [1.807, 2.05) is 24.3 Å². The summed E-state index contributed by atoms with van der Waals surface area (Å²) in [6, 6.07) is 14.2. The Hall–Kier alpha value is -2.63. The van der Waals surface area contributed by atoms with Gasteiger partial charge in [-0.05, 0) is 31.2 Å². The van der Waals surface area contributed by atoms with Gasteiger partial charge in [-0.25, -0.2) is 4.98 Å². The van der Waals surface area contributed by atoms with Crippen molar-refractivity contribution in [2.75, 3.05) is 20.2 Å². The number of carbonyl (C=O) groups is 2. The predicted molar refractivity (Wildman–Crippen MR) is 111 cm³/mol. The van der Waals surface area contributed by atoms with Gasteiger partial charge in [-0.2, -0.15) is 0 Å². The summed E-state index contributed by atoms with van der Waals surface area (Å²) in [4.78, 5) is 30.8. The van der Waals surface area contributed by atoms with Gasteiger partial charge < -0.3 is 9.64 Å².